The first-order valence-corrected chi connectivity index (χ1v) is 12.0. The van der Waals surface area contributed by atoms with Gasteiger partial charge in [-0.1, -0.05) is 13.8 Å². The summed E-state index contributed by atoms with van der Waals surface area (Å²) >= 11 is 0. The molecular weight excluding hydrogens is 465 g/mol. The van der Waals surface area contributed by atoms with Gasteiger partial charge in [-0.05, 0) is 56.2 Å². The monoisotopic (exact) mass is 494 g/mol. The molecule has 4 heterocycles. The second-order valence-corrected chi connectivity index (χ2v) is 9.74. The van der Waals surface area contributed by atoms with Crippen LogP contribution in [0.4, 0.5) is 18.9 Å². The minimum atomic E-state index is -4.47. The van der Waals surface area contributed by atoms with E-state index in [4.69, 9.17) is 4.98 Å². The summed E-state index contributed by atoms with van der Waals surface area (Å²) in [5.74, 6) is 1.54. The van der Waals surface area contributed by atoms with Crippen molar-refractivity contribution < 1.29 is 13.2 Å². The van der Waals surface area contributed by atoms with Gasteiger partial charge in [0.2, 0.25) is 0 Å². The van der Waals surface area contributed by atoms with E-state index in [1.165, 1.54) is 4.57 Å². The quantitative estimate of drug-likeness (QED) is 0.339. The molecule has 5 rings (SSSR count). The molecule has 1 aliphatic heterocycles. The van der Waals surface area contributed by atoms with E-state index >= 15 is 0 Å². The summed E-state index contributed by atoms with van der Waals surface area (Å²) in [6.45, 7) is 9.95. The van der Waals surface area contributed by atoms with E-state index in [-0.39, 0.29) is 17.8 Å². The van der Waals surface area contributed by atoms with E-state index in [1.54, 1.807) is 7.05 Å². The van der Waals surface area contributed by atoms with Gasteiger partial charge in [-0.2, -0.15) is 13.2 Å². The minimum Gasteiger partial charge on any atom is -0.361 e. The summed E-state index contributed by atoms with van der Waals surface area (Å²) in [6, 6.07) is 11.8. The molecule has 1 aliphatic rings. The van der Waals surface area contributed by atoms with Crippen molar-refractivity contribution in [2.45, 2.75) is 58.9 Å². The minimum absolute atomic E-state index is 0.215. The number of aryl methyl sites for hydroxylation is 2. The first-order chi connectivity index (χ1) is 17.0. The highest BCUT2D eigenvalue weighted by Gasteiger charge is 2.35. The number of rotatable bonds is 4. The summed E-state index contributed by atoms with van der Waals surface area (Å²) in [5, 5.41) is 0. The second-order valence-electron chi connectivity index (χ2n) is 9.74. The number of nitrogens with zero attached hydrogens (tertiary/aromatic N) is 6. The Kier molecular flexibility index (Phi) is 5.89. The smallest absolute Gasteiger partial charge is 0.361 e. The molecule has 1 atom stereocenters. The molecule has 1 unspecified atom stereocenters. The number of hydrogen-bond acceptors (Lipinski definition) is 4. The molecule has 4 aromatic rings. The van der Waals surface area contributed by atoms with Crippen LogP contribution in [0.1, 0.15) is 49.6 Å². The standard InChI is InChI=1S/C27H29F3N6/c1-16(2)24-21(7-6-12-31-24)25-22-14-35(17(3)13-36(22)18(4)32-25)20-10-8-19(9-11-20)26-33-23(15-34(26)5)27(28,29)30/h6-12,15-17H,13-14H2,1-5H3. The van der Waals surface area contributed by atoms with Gasteiger partial charge < -0.3 is 14.0 Å². The number of fused-ring (bicyclic) bond motifs is 1. The predicted molar refractivity (Wildman–Crippen MR) is 134 cm³/mol. The van der Waals surface area contributed by atoms with Gasteiger partial charge in [-0.15, -0.1) is 0 Å². The molecule has 0 bridgehead atoms. The van der Waals surface area contributed by atoms with Crippen molar-refractivity contribution in [3.8, 4) is 22.6 Å². The molecule has 0 fully saturated rings. The normalized spacial score (nSPS) is 16.0. The molecular formula is C27H29F3N6. The first kappa shape index (κ1) is 24.1. The Morgan fingerprint density at radius 2 is 1.78 bits per heavy atom. The number of pyridine rings is 1. The average Bonchev–Trinajstić information content (AvgIpc) is 3.38. The molecule has 3 aromatic heterocycles. The number of benzene rings is 1. The Bertz CT molecular complexity index is 1400. The zero-order chi connectivity index (χ0) is 25.8. The Balaban J connectivity index is 1.48. The van der Waals surface area contributed by atoms with Gasteiger partial charge in [0.25, 0.3) is 0 Å². The van der Waals surface area contributed by atoms with Crippen LogP contribution in [0.2, 0.25) is 0 Å². The Hall–Kier alpha value is -3.62. The SMILES string of the molecule is Cc1nc(-c2cccnc2C(C)C)c2n1CC(C)N(c1ccc(-c3nc(C(F)(F)F)cn3C)cc1)C2. The van der Waals surface area contributed by atoms with E-state index in [9.17, 15) is 13.2 Å². The van der Waals surface area contributed by atoms with Gasteiger partial charge in [0.1, 0.15) is 11.6 Å². The molecule has 6 nitrogen and oxygen atoms in total. The third-order valence-corrected chi connectivity index (χ3v) is 6.83. The van der Waals surface area contributed by atoms with E-state index in [2.05, 4.69) is 46.3 Å². The lowest BCUT2D eigenvalue weighted by Gasteiger charge is -2.37. The van der Waals surface area contributed by atoms with Crippen molar-refractivity contribution in [3.63, 3.8) is 0 Å². The number of aromatic nitrogens is 5. The molecule has 0 saturated heterocycles. The van der Waals surface area contributed by atoms with Crippen LogP contribution in [-0.4, -0.2) is 30.1 Å². The number of hydrogen-bond donors (Lipinski definition) is 0. The highest BCUT2D eigenvalue weighted by atomic mass is 19.4. The van der Waals surface area contributed by atoms with E-state index in [1.807, 2.05) is 43.5 Å². The molecule has 0 aliphatic carbocycles. The van der Waals surface area contributed by atoms with Crippen LogP contribution in [0.25, 0.3) is 22.6 Å². The fourth-order valence-corrected chi connectivity index (χ4v) is 5.00. The summed E-state index contributed by atoms with van der Waals surface area (Å²) in [6.07, 6.45) is -1.63. The topological polar surface area (TPSA) is 51.8 Å². The number of anilines is 1. The maximum Gasteiger partial charge on any atom is 0.434 e. The van der Waals surface area contributed by atoms with E-state index in [0.717, 1.165) is 46.9 Å². The van der Waals surface area contributed by atoms with Gasteiger partial charge in [-0.3, -0.25) is 4.98 Å². The number of imidazole rings is 2. The fraction of sp³-hybridized carbons (Fsp3) is 0.370. The number of alkyl halides is 3. The summed E-state index contributed by atoms with van der Waals surface area (Å²) in [4.78, 5) is 15.7. The third-order valence-electron chi connectivity index (χ3n) is 6.83. The van der Waals surface area contributed by atoms with Gasteiger partial charge in [0.05, 0.1) is 23.6 Å². The van der Waals surface area contributed by atoms with Crippen molar-refractivity contribution >= 4 is 5.69 Å². The van der Waals surface area contributed by atoms with Crippen LogP contribution >= 0.6 is 0 Å². The Morgan fingerprint density at radius 1 is 1.06 bits per heavy atom. The van der Waals surface area contributed by atoms with Crippen LogP contribution < -0.4 is 4.90 Å². The highest BCUT2D eigenvalue weighted by molar-refractivity contribution is 5.67. The molecule has 0 radical (unpaired) electrons. The van der Waals surface area contributed by atoms with Gasteiger partial charge >= 0.3 is 6.18 Å². The maximum absolute atomic E-state index is 13.1. The molecule has 1 aromatic carbocycles. The lowest BCUT2D eigenvalue weighted by atomic mass is 9.99. The van der Waals surface area contributed by atoms with Gasteiger partial charge in [-0.25, -0.2) is 9.97 Å². The third kappa shape index (κ3) is 4.16. The molecule has 0 N–H and O–H groups in total. The first-order valence-electron chi connectivity index (χ1n) is 12.0. The maximum atomic E-state index is 13.1. The molecule has 0 amide bonds. The fourth-order valence-electron chi connectivity index (χ4n) is 5.00. The van der Waals surface area contributed by atoms with Gasteiger partial charge in [0.15, 0.2) is 5.69 Å². The van der Waals surface area contributed by atoms with Crippen molar-refractivity contribution in [2.75, 3.05) is 4.90 Å². The lowest BCUT2D eigenvalue weighted by Crippen LogP contribution is -2.41. The molecule has 188 valence electrons. The Morgan fingerprint density at radius 3 is 2.42 bits per heavy atom. The van der Waals surface area contributed by atoms with Crippen molar-refractivity contribution in [1.29, 1.82) is 0 Å². The summed E-state index contributed by atoms with van der Waals surface area (Å²) in [5.41, 5.74) is 4.95. The summed E-state index contributed by atoms with van der Waals surface area (Å²) in [7, 11) is 1.58. The van der Waals surface area contributed by atoms with Crippen molar-refractivity contribution in [1.82, 2.24) is 24.1 Å². The number of halogens is 3. The van der Waals surface area contributed by atoms with Crippen molar-refractivity contribution in [3.05, 3.63) is 71.7 Å². The lowest BCUT2D eigenvalue weighted by molar-refractivity contribution is -0.140. The van der Waals surface area contributed by atoms with Crippen molar-refractivity contribution in [2.24, 2.45) is 7.05 Å². The van der Waals surface area contributed by atoms with Crippen LogP contribution in [0.15, 0.2) is 48.8 Å². The van der Waals surface area contributed by atoms with E-state index < -0.39 is 11.9 Å². The Labute approximate surface area is 208 Å². The van der Waals surface area contributed by atoms with Crippen LogP contribution in [0.3, 0.4) is 0 Å². The largest absolute Gasteiger partial charge is 0.434 e. The predicted octanol–water partition coefficient (Wildman–Crippen LogP) is 6.20. The molecule has 0 spiro atoms. The van der Waals surface area contributed by atoms with Gasteiger partial charge in [0, 0.05) is 48.8 Å². The molecule has 0 saturated carbocycles. The summed E-state index contributed by atoms with van der Waals surface area (Å²) < 4.78 is 43.0. The van der Waals surface area contributed by atoms with Crippen LogP contribution in [0, 0.1) is 6.92 Å². The van der Waals surface area contributed by atoms with Crippen LogP contribution in [-0.2, 0) is 26.3 Å². The average molecular weight is 495 g/mol. The van der Waals surface area contributed by atoms with Crippen LogP contribution in [0.5, 0.6) is 0 Å². The second kappa shape index (κ2) is 8.80. The zero-order valence-electron chi connectivity index (χ0n) is 21.0. The molecule has 36 heavy (non-hydrogen) atoms. The highest BCUT2D eigenvalue weighted by Crippen LogP contribution is 2.36. The zero-order valence-corrected chi connectivity index (χ0v) is 21.0. The van der Waals surface area contributed by atoms with E-state index in [0.29, 0.717) is 12.1 Å². The molecule has 9 heteroatoms.